The van der Waals surface area contributed by atoms with Crippen LogP contribution in [0.1, 0.15) is 10.4 Å². The van der Waals surface area contributed by atoms with Crippen molar-refractivity contribution in [3.05, 3.63) is 48.0 Å². The van der Waals surface area contributed by atoms with Gasteiger partial charge in [0.2, 0.25) is 11.0 Å². The number of rotatable bonds is 2. The number of benzene rings is 2. The minimum Gasteiger partial charge on any atom is -0.410 e. The van der Waals surface area contributed by atoms with Gasteiger partial charge in [0.1, 0.15) is 0 Å². The number of nitrogens with zero attached hydrogens (tertiary/aromatic N) is 1. The smallest absolute Gasteiger partial charge is 0.226 e. The molecule has 0 saturated carbocycles. The van der Waals surface area contributed by atoms with E-state index in [1.807, 2.05) is 30.3 Å². The molecular weight excluding hydrogens is 226 g/mol. The molecule has 0 saturated heterocycles. The maximum atomic E-state index is 11.6. The van der Waals surface area contributed by atoms with Gasteiger partial charge in [0.15, 0.2) is 0 Å². The first-order valence-corrected chi connectivity index (χ1v) is 5.01. The first-order valence-electron chi connectivity index (χ1n) is 4.63. The van der Waals surface area contributed by atoms with Gasteiger partial charge in [-0.3, -0.25) is 4.79 Å². The molecule has 2 aromatic rings. The summed E-state index contributed by atoms with van der Waals surface area (Å²) in [5.74, 6) is -0.491. The third-order valence-electron chi connectivity index (χ3n) is 2.29. The van der Waals surface area contributed by atoms with Crippen molar-refractivity contribution in [2.24, 2.45) is 5.16 Å². The predicted molar refractivity (Wildman–Crippen MR) is 63.4 cm³/mol. The van der Waals surface area contributed by atoms with Crippen molar-refractivity contribution in [1.82, 2.24) is 0 Å². The van der Waals surface area contributed by atoms with E-state index in [4.69, 9.17) is 16.8 Å². The van der Waals surface area contributed by atoms with Crippen LogP contribution in [0.15, 0.2) is 47.6 Å². The van der Waals surface area contributed by atoms with Gasteiger partial charge in [-0.1, -0.05) is 53.2 Å². The Morgan fingerprint density at radius 2 is 1.81 bits per heavy atom. The fourth-order valence-electron chi connectivity index (χ4n) is 1.50. The van der Waals surface area contributed by atoms with Gasteiger partial charge in [-0.15, -0.1) is 0 Å². The summed E-state index contributed by atoms with van der Waals surface area (Å²) in [6, 6.07) is 12.8. The topological polar surface area (TPSA) is 49.7 Å². The van der Waals surface area contributed by atoms with Crippen LogP contribution in [0.2, 0.25) is 0 Å². The molecule has 80 valence electrons. The Hall–Kier alpha value is -1.87. The lowest BCUT2D eigenvalue weighted by Gasteiger charge is -2.00. The van der Waals surface area contributed by atoms with E-state index >= 15 is 0 Å². The molecule has 0 aliphatic heterocycles. The lowest BCUT2D eigenvalue weighted by molar-refractivity contribution is 0.106. The molecule has 0 aliphatic rings. The van der Waals surface area contributed by atoms with Crippen molar-refractivity contribution in [2.45, 2.75) is 0 Å². The van der Waals surface area contributed by atoms with Crippen LogP contribution in [0.5, 0.6) is 0 Å². The van der Waals surface area contributed by atoms with Gasteiger partial charge in [0.05, 0.1) is 0 Å². The average Bonchev–Trinajstić information content (AvgIpc) is 2.36. The number of carbonyl (C=O) groups is 1. The van der Waals surface area contributed by atoms with Gasteiger partial charge in [-0.25, -0.2) is 0 Å². The third-order valence-corrected chi connectivity index (χ3v) is 2.53. The SMILES string of the molecule is O=C(/C(Cl)=N\O)c1ccc2ccccc2c1. The summed E-state index contributed by atoms with van der Waals surface area (Å²) in [4.78, 5) is 11.6. The Kier molecular flexibility index (Phi) is 2.88. The van der Waals surface area contributed by atoms with E-state index in [0.29, 0.717) is 5.56 Å². The second-order valence-corrected chi connectivity index (χ2v) is 3.64. The Labute approximate surface area is 97.0 Å². The van der Waals surface area contributed by atoms with Crippen LogP contribution in [-0.4, -0.2) is 16.2 Å². The molecule has 0 aromatic heterocycles. The lowest BCUT2D eigenvalue weighted by Crippen LogP contribution is -2.07. The van der Waals surface area contributed by atoms with E-state index in [9.17, 15) is 4.79 Å². The molecule has 0 atom stereocenters. The predicted octanol–water partition coefficient (Wildman–Crippen LogP) is 3.05. The molecular formula is C12H8ClNO2. The second-order valence-electron chi connectivity index (χ2n) is 3.28. The summed E-state index contributed by atoms with van der Waals surface area (Å²) >= 11 is 5.45. The zero-order valence-electron chi connectivity index (χ0n) is 8.22. The first kappa shape index (κ1) is 10.6. The molecule has 0 aliphatic carbocycles. The van der Waals surface area contributed by atoms with Crippen LogP contribution < -0.4 is 0 Å². The van der Waals surface area contributed by atoms with E-state index in [1.165, 1.54) is 0 Å². The molecule has 0 radical (unpaired) electrons. The summed E-state index contributed by atoms with van der Waals surface area (Å²) < 4.78 is 0. The van der Waals surface area contributed by atoms with Gasteiger partial charge in [-0.05, 0) is 16.8 Å². The van der Waals surface area contributed by atoms with E-state index in [1.54, 1.807) is 12.1 Å². The van der Waals surface area contributed by atoms with Crippen LogP contribution in [0, 0.1) is 0 Å². The van der Waals surface area contributed by atoms with Crippen molar-refractivity contribution in [2.75, 3.05) is 0 Å². The monoisotopic (exact) mass is 233 g/mol. The Balaban J connectivity index is 2.51. The van der Waals surface area contributed by atoms with Crippen LogP contribution in [0.4, 0.5) is 0 Å². The van der Waals surface area contributed by atoms with Crippen LogP contribution in [-0.2, 0) is 0 Å². The number of ketones is 1. The molecule has 16 heavy (non-hydrogen) atoms. The average molecular weight is 234 g/mol. The summed E-state index contributed by atoms with van der Waals surface area (Å²) in [5, 5.41) is 12.6. The standard InChI is InChI=1S/C12H8ClNO2/c13-12(14-16)11(15)10-6-5-8-3-1-2-4-9(8)7-10/h1-7,16H/b14-12+. The number of Topliss-reactive ketones (excluding diaryl/α,β-unsaturated/α-hetero) is 1. The number of fused-ring (bicyclic) bond motifs is 1. The van der Waals surface area contributed by atoms with Crippen LogP contribution in [0.25, 0.3) is 10.8 Å². The molecule has 0 fully saturated rings. The zero-order chi connectivity index (χ0) is 11.5. The largest absolute Gasteiger partial charge is 0.410 e. The highest BCUT2D eigenvalue weighted by molar-refractivity contribution is 6.84. The lowest BCUT2D eigenvalue weighted by atomic mass is 10.0. The van der Waals surface area contributed by atoms with Crippen molar-refractivity contribution < 1.29 is 10.0 Å². The molecule has 2 aromatic carbocycles. The number of hydrogen-bond donors (Lipinski definition) is 1. The molecule has 0 unspecified atom stereocenters. The fraction of sp³-hybridized carbons (Fsp3) is 0. The van der Waals surface area contributed by atoms with E-state index in [2.05, 4.69) is 5.16 Å². The molecule has 0 bridgehead atoms. The Bertz CT molecular complexity index is 578. The van der Waals surface area contributed by atoms with Gasteiger partial charge >= 0.3 is 0 Å². The van der Waals surface area contributed by atoms with Crippen molar-refractivity contribution in [3.63, 3.8) is 0 Å². The normalized spacial score (nSPS) is 11.7. The zero-order valence-corrected chi connectivity index (χ0v) is 8.98. The number of oxime groups is 1. The Morgan fingerprint density at radius 1 is 1.12 bits per heavy atom. The highest BCUT2D eigenvalue weighted by Gasteiger charge is 2.12. The van der Waals surface area contributed by atoms with Crippen LogP contribution in [0.3, 0.4) is 0 Å². The van der Waals surface area contributed by atoms with E-state index in [0.717, 1.165) is 10.8 Å². The number of carbonyl (C=O) groups excluding carboxylic acids is 1. The molecule has 0 spiro atoms. The van der Waals surface area contributed by atoms with Crippen molar-refractivity contribution in [3.8, 4) is 0 Å². The van der Waals surface area contributed by atoms with E-state index in [-0.39, 0.29) is 0 Å². The molecule has 4 heteroatoms. The number of halogens is 1. The van der Waals surface area contributed by atoms with Crippen LogP contribution >= 0.6 is 11.6 Å². The maximum Gasteiger partial charge on any atom is 0.226 e. The summed E-state index contributed by atoms with van der Waals surface area (Å²) in [7, 11) is 0. The molecule has 2 rings (SSSR count). The highest BCUT2D eigenvalue weighted by atomic mass is 35.5. The fourth-order valence-corrected chi connectivity index (χ4v) is 1.60. The second kappa shape index (κ2) is 4.33. The maximum absolute atomic E-state index is 11.6. The van der Waals surface area contributed by atoms with Crippen molar-refractivity contribution >= 4 is 33.3 Å². The molecule has 0 heterocycles. The quantitative estimate of drug-likeness (QED) is 0.375. The minimum atomic E-state index is -0.491. The molecule has 3 nitrogen and oxygen atoms in total. The van der Waals surface area contributed by atoms with Gasteiger partial charge in [-0.2, -0.15) is 0 Å². The van der Waals surface area contributed by atoms with Gasteiger partial charge in [0, 0.05) is 5.56 Å². The summed E-state index contributed by atoms with van der Waals surface area (Å²) in [5.41, 5.74) is 0.404. The number of hydrogen-bond acceptors (Lipinski definition) is 3. The molecule has 0 amide bonds. The highest BCUT2D eigenvalue weighted by Crippen LogP contribution is 2.16. The van der Waals surface area contributed by atoms with Gasteiger partial charge < -0.3 is 5.21 Å². The summed E-state index contributed by atoms with van der Waals surface area (Å²) in [6.07, 6.45) is 0. The first-order chi connectivity index (χ1) is 7.72. The van der Waals surface area contributed by atoms with Gasteiger partial charge in [0.25, 0.3) is 0 Å². The molecule has 1 N–H and O–H groups in total. The Morgan fingerprint density at radius 3 is 2.50 bits per heavy atom. The van der Waals surface area contributed by atoms with Crippen molar-refractivity contribution in [1.29, 1.82) is 0 Å². The summed E-state index contributed by atoms with van der Waals surface area (Å²) in [6.45, 7) is 0. The third kappa shape index (κ3) is 1.90. The minimum absolute atomic E-state index is 0.404. The van der Waals surface area contributed by atoms with E-state index < -0.39 is 11.0 Å².